The van der Waals surface area contributed by atoms with Crippen molar-refractivity contribution in [1.82, 2.24) is 10.9 Å². The topological polar surface area (TPSA) is 85.9 Å². The zero-order valence-electron chi connectivity index (χ0n) is 15.8. The molecule has 0 radical (unpaired) electrons. The molecule has 2 N–H and O–H groups in total. The molecule has 2 aromatic carbocycles. The molecule has 150 valence electrons. The Kier molecular flexibility index (Phi) is 8.61. The fourth-order valence-electron chi connectivity index (χ4n) is 2.14. The van der Waals surface area contributed by atoms with Gasteiger partial charge >= 0.3 is 0 Å². The van der Waals surface area contributed by atoms with Crippen LogP contribution in [0.3, 0.4) is 0 Å². The number of benzene rings is 2. The van der Waals surface area contributed by atoms with Crippen LogP contribution in [0.1, 0.15) is 30.1 Å². The molecule has 0 spiro atoms. The fraction of sp³-hybridized carbons (Fsp3) is 0.300. The van der Waals surface area contributed by atoms with Crippen molar-refractivity contribution in [3.05, 3.63) is 52.5 Å². The smallest absolute Gasteiger partial charge is 0.276 e. The maximum absolute atomic E-state index is 12.2. The third kappa shape index (κ3) is 6.77. The van der Waals surface area contributed by atoms with Crippen molar-refractivity contribution in [2.45, 2.75) is 19.8 Å². The highest BCUT2D eigenvalue weighted by Gasteiger charge is 2.11. The Hall–Kier alpha value is -2.74. The van der Waals surface area contributed by atoms with Gasteiger partial charge in [0.05, 0.1) is 18.2 Å². The van der Waals surface area contributed by atoms with E-state index >= 15 is 0 Å². The Morgan fingerprint density at radius 3 is 2.36 bits per heavy atom. The van der Waals surface area contributed by atoms with Crippen LogP contribution in [0.4, 0.5) is 0 Å². The minimum absolute atomic E-state index is 0.236. The molecule has 28 heavy (non-hydrogen) atoms. The second-order valence-electron chi connectivity index (χ2n) is 5.81. The summed E-state index contributed by atoms with van der Waals surface area (Å²) in [6.45, 7) is 2.47. The van der Waals surface area contributed by atoms with Gasteiger partial charge in [0.15, 0.2) is 6.61 Å². The van der Waals surface area contributed by atoms with E-state index in [1.165, 1.54) is 0 Å². The number of hydrogen-bond donors (Lipinski definition) is 2. The van der Waals surface area contributed by atoms with E-state index in [-0.39, 0.29) is 6.61 Å². The molecule has 0 unspecified atom stereocenters. The van der Waals surface area contributed by atoms with Gasteiger partial charge in [0.25, 0.3) is 11.8 Å². The molecule has 7 nitrogen and oxygen atoms in total. The minimum Gasteiger partial charge on any atom is -0.497 e. The van der Waals surface area contributed by atoms with Crippen LogP contribution in [0.5, 0.6) is 17.2 Å². The molecule has 0 aliphatic carbocycles. The van der Waals surface area contributed by atoms with E-state index in [1.807, 2.05) is 0 Å². The second kappa shape index (κ2) is 11.2. The number of rotatable bonds is 9. The number of carbonyl (C=O) groups excluding carboxylic acids is 2. The van der Waals surface area contributed by atoms with Crippen LogP contribution in [0.25, 0.3) is 0 Å². The maximum Gasteiger partial charge on any atom is 0.276 e. The summed E-state index contributed by atoms with van der Waals surface area (Å²) < 4.78 is 16.7. The molecule has 0 heterocycles. The van der Waals surface area contributed by atoms with Gasteiger partial charge in [-0.3, -0.25) is 20.4 Å². The predicted molar refractivity (Wildman–Crippen MR) is 109 cm³/mol. The summed E-state index contributed by atoms with van der Waals surface area (Å²) in [4.78, 5) is 24.0. The number of halogens is 1. The van der Waals surface area contributed by atoms with Crippen molar-refractivity contribution in [3.63, 3.8) is 0 Å². The van der Waals surface area contributed by atoms with E-state index in [0.29, 0.717) is 33.9 Å². The first-order valence-electron chi connectivity index (χ1n) is 8.82. The average molecular weight is 451 g/mol. The van der Waals surface area contributed by atoms with E-state index in [0.717, 1.165) is 12.8 Å². The lowest BCUT2D eigenvalue weighted by atomic mass is 10.2. The van der Waals surface area contributed by atoms with Crippen molar-refractivity contribution in [2.75, 3.05) is 20.3 Å². The van der Waals surface area contributed by atoms with Gasteiger partial charge in [0.1, 0.15) is 17.2 Å². The normalized spacial score (nSPS) is 10.1. The van der Waals surface area contributed by atoms with Crippen molar-refractivity contribution < 1.29 is 23.8 Å². The molecule has 0 saturated carbocycles. The van der Waals surface area contributed by atoms with Gasteiger partial charge in [0.2, 0.25) is 0 Å². The van der Waals surface area contributed by atoms with E-state index in [1.54, 1.807) is 49.6 Å². The van der Waals surface area contributed by atoms with Crippen LogP contribution in [0.15, 0.2) is 46.9 Å². The number of methoxy groups -OCH3 is 1. The average Bonchev–Trinajstić information content (AvgIpc) is 2.72. The van der Waals surface area contributed by atoms with Crippen LogP contribution in [-0.4, -0.2) is 32.1 Å². The fourth-order valence-corrected chi connectivity index (χ4v) is 2.63. The summed E-state index contributed by atoms with van der Waals surface area (Å²) in [6, 6.07) is 11.8. The van der Waals surface area contributed by atoms with Crippen molar-refractivity contribution in [3.8, 4) is 17.2 Å². The number of nitrogens with one attached hydrogen (secondary N) is 2. The van der Waals surface area contributed by atoms with Crippen LogP contribution >= 0.6 is 15.9 Å². The first-order chi connectivity index (χ1) is 13.5. The molecule has 0 aliphatic heterocycles. The molecule has 0 aromatic heterocycles. The lowest BCUT2D eigenvalue weighted by Gasteiger charge is -2.11. The zero-order chi connectivity index (χ0) is 20.4. The highest BCUT2D eigenvalue weighted by Crippen LogP contribution is 2.26. The van der Waals surface area contributed by atoms with E-state index < -0.39 is 11.8 Å². The minimum atomic E-state index is -0.484. The zero-order valence-corrected chi connectivity index (χ0v) is 17.4. The Bertz CT molecular complexity index is 796. The molecule has 8 heteroatoms. The number of carbonyl (C=O) groups is 2. The summed E-state index contributed by atoms with van der Waals surface area (Å²) in [5.74, 6) is 0.949. The predicted octanol–water partition coefficient (Wildman–Crippen LogP) is 3.48. The molecule has 2 amide bonds. The lowest BCUT2D eigenvalue weighted by Crippen LogP contribution is -2.43. The van der Waals surface area contributed by atoms with Crippen LogP contribution < -0.4 is 25.1 Å². The van der Waals surface area contributed by atoms with Gasteiger partial charge < -0.3 is 14.2 Å². The largest absolute Gasteiger partial charge is 0.497 e. The van der Waals surface area contributed by atoms with Gasteiger partial charge in [-0.05, 0) is 64.8 Å². The monoisotopic (exact) mass is 450 g/mol. The molecule has 0 bridgehead atoms. The quantitative estimate of drug-likeness (QED) is 0.451. The Morgan fingerprint density at radius 1 is 1.00 bits per heavy atom. The lowest BCUT2D eigenvalue weighted by molar-refractivity contribution is -0.123. The highest BCUT2D eigenvalue weighted by molar-refractivity contribution is 9.10. The second-order valence-corrected chi connectivity index (χ2v) is 6.67. The molecule has 2 aromatic rings. The number of amides is 2. The van der Waals surface area contributed by atoms with E-state index in [4.69, 9.17) is 14.2 Å². The first-order valence-corrected chi connectivity index (χ1v) is 9.61. The number of ether oxygens (including phenoxy) is 3. The standard InChI is InChI=1S/C20H23BrN2O5/c1-3-4-11-27-18-10-5-14(12-17(18)21)20(25)23-22-19(24)13-28-16-8-6-15(26-2)7-9-16/h5-10,12H,3-4,11,13H2,1-2H3,(H,22,24)(H,23,25). The van der Waals surface area contributed by atoms with Crippen molar-refractivity contribution >= 4 is 27.7 Å². The van der Waals surface area contributed by atoms with Gasteiger partial charge in [-0.15, -0.1) is 0 Å². The molecule has 0 saturated heterocycles. The summed E-state index contributed by atoms with van der Waals surface area (Å²) in [6.07, 6.45) is 2.00. The SMILES string of the molecule is CCCCOc1ccc(C(=O)NNC(=O)COc2ccc(OC)cc2)cc1Br. The summed E-state index contributed by atoms with van der Waals surface area (Å²) in [5, 5.41) is 0. The van der Waals surface area contributed by atoms with Gasteiger partial charge in [0, 0.05) is 5.56 Å². The van der Waals surface area contributed by atoms with Crippen molar-refractivity contribution in [2.24, 2.45) is 0 Å². The maximum atomic E-state index is 12.2. The molecule has 0 fully saturated rings. The molecule has 2 rings (SSSR count). The summed E-state index contributed by atoms with van der Waals surface area (Å²) >= 11 is 3.39. The van der Waals surface area contributed by atoms with Crippen molar-refractivity contribution in [1.29, 1.82) is 0 Å². The van der Waals surface area contributed by atoms with E-state index in [9.17, 15) is 9.59 Å². The van der Waals surface area contributed by atoms with E-state index in [2.05, 4.69) is 33.7 Å². The van der Waals surface area contributed by atoms with Crippen LogP contribution in [0, 0.1) is 0 Å². The van der Waals surface area contributed by atoms with Gasteiger partial charge in [-0.25, -0.2) is 0 Å². The Morgan fingerprint density at radius 2 is 1.71 bits per heavy atom. The Labute approximate surface area is 172 Å². The van der Waals surface area contributed by atoms with Crippen LogP contribution in [0.2, 0.25) is 0 Å². The first kappa shape index (κ1) is 21.6. The van der Waals surface area contributed by atoms with Gasteiger partial charge in [-0.1, -0.05) is 13.3 Å². The van der Waals surface area contributed by atoms with Crippen LogP contribution in [-0.2, 0) is 4.79 Å². The third-order valence-corrected chi connectivity index (χ3v) is 4.31. The summed E-state index contributed by atoms with van der Waals surface area (Å²) in [7, 11) is 1.57. The number of hydrogen-bond acceptors (Lipinski definition) is 5. The molecular weight excluding hydrogens is 428 g/mol. The summed E-state index contributed by atoms with van der Waals surface area (Å²) in [5.41, 5.74) is 5.05. The highest BCUT2D eigenvalue weighted by atomic mass is 79.9. The molecule has 0 atom stereocenters. The molecular formula is C20H23BrN2O5. The number of unbranched alkanes of at least 4 members (excludes halogenated alkanes) is 1. The van der Waals surface area contributed by atoms with Gasteiger partial charge in [-0.2, -0.15) is 0 Å². The number of hydrazine groups is 1. The Balaban J connectivity index is 1.78. The molecule has 0 aliphatic rings. The third-order valence-electron chi connectivity index (χ3n) is 3.69.